The smallest absolute Gasteiger partial charge is 0.135 e. The summed E-state index contributed by atoms with van der Waals surface area (Å²) >= 11 is 1.93. The maximum Gasteiger partial charge on any atom is 0.135 e. The third-order valence-electron chi connectivity index (χ3n) is 4.05. The Hall–Kier alpha value is -1.54. The Balaban J connectivity index is 1.82. The molecule has 0 aromatic heterocycles. The third kappa shape index (κ3) is 3.38. The maximum absolute atomic E-state index is 12.2. The Morgan fingerprint density at radius 1 is 0.762 bits per heavy atom. The van der Waals surface area contributed by atoms with E-state index in [-0.39, 0.29) is 10.5 Å². The molecule has 0 N–H and O–H groups in total. The largest absolute Gasteiger partial charge is 0.300 e. The number of hydrogen-bond acceptors (Lipinski definition) is 2. The van der Waals surface area contributed by atoms with Crippen molar-refractivity contribution in [2.75, 3.05) is 0 Å². The summed E-state index contributed by atoms with van der Waals surface area (Å²) in [5, 5.41) is 0.580. The molecule has 2 heteroatoms. The van der Waals surface area contributed by atoms with Gasteiger partial charge in [-0.15, -0.1) is 11.8 Å². The summed E-state index contributed by atoms with van der Waals surface area (Å²) < 4.78 is 0. The summed E-state index contributed by atoms with van der Waals surface area (Å²) in [7, 11) is 0. The van der Waals surface area contributed by atoms with Crippen molar-refractivity contribution in [1.29, 1.82) is 0 Å². The molecule has 21 heavy (non-hydrogen) atoms. The Morgan fingerprint density at radius 3 is 1.52 bits per heavy atom. The van der Waals surface area contributed by atoms with Crippen molar-refractivity contribution in [3.8, 4) is 0 Å². The Kier molecular flexibility index (Phi) is 4.16. The minimum atomic E-state index is 0.290. The SMILES string of the molecule is Cc1ccc(C2CC(=O)CC(c3ccc(C)cc3)S2)cc1. The topological polar surface area (TPSA) is 17.1 Å². The van der Waals surface area contributed by atoms with Gasteiger partial charge in [-0.3, -0.25) is 4.79 Å². The zero-order valence-corrected chi connectivity index (χ0v) is 13.3. The van der Waals surface area contributed by atoms with E-state index in [2.05, 4.69) is 62.4 Å². The van der Waals surface area contributed by atoms with E-state index >= 15 is 0 Å². The first-order valence-corrected chi connectivity index (χ1v) is 8.36. The van der Waals surface area contributed by atoms with Gasteiger partial charge in [-0.2, -0.15) is 0 Å². The lowest BCUT2D eigenvalue weighted by Gasteiger charge is -2.28. The standard InChI is InChI=1S/C19H20OS/c1-13-3-7-15(8-4-13)18-11-17(20)12-19(21-18)16-9-5-14(2)6-10-16/h3-10,18-19H,11-12H2,1-2H3. The van der Waals surface area contributed by atoms with Crippen LogP contribution in [0.5, 0.6) is 0 Å². The van der Waals surface area contributed by atoms with E-state index in [1.54, 1.807) is 0 Å². The second-order valence-electron chi connectivity index (χ2n) is 5.88. The van der Waals surface area contributed by atoms with Gasteiger partial charge in [0, 0.05) is 23.3 Å². The van der Waals surface area contributed by atoms with E-state index in [0.29, 0.717) is 18.6 Å². The van der Waals surface area contributed by atoms with Crippen molar-refractivity contribution in [2.45, 2.75) is 37.2 Å². The van der Waals surface area contributed by atoms with Gasteiger partial charge in [0.1, 0.15) is 5.78 Å². The van der Waals surface area contributed by atoms with E-state index in [4.69, 9.17) is 0 Å². The summed E-state index contributed by atoms with van der Waals surface area (Å²) in [5.41, 5.74) is 5.08. The molecule has 1 saturated heterocycles. The molecule has 2 unspecified atom stereocenters. The number of ketones is 1. The summed E-state index contributed by atoms with van der Waals surface area (Å²) in [5.74, 6) is 0.380. The molecule has 0 bridgehead atoms. The fraction of sp³-hybridized carbons (Fsp3) is 0.316. The summed E-state index contributed by atoms with van der Waals surface area (Å²) in [6, 6.07) is 17.2. The van der Waals surface area contributed by atoms with Crippen LogP contribution in [0.1, 0.15) is 45.6 Å². The molecule has 0 radical (unpaired) electrons. The number of aryl methyl sites for hydroxylation is 2. The van der Waals surface area contributed by atoms with Gasteiger partial charge in [0.15, 0.2) is 0 Å². The lowest BCUT2D eigenvalue weighted by Crippen LogP contribution is -2.15. The monoisotopic (exact) mass is 296 g/mol. The Morgan fingerprint density at radius 2 is 1.14 bits per heavy atom. The van der Waals surface area contributed by atoms with Crippen molar-refractivity contribution in [3.63, 3.8) is 0 Å². The fourth-order valence-electron chi connectivity index (χ4n) is 2.75. The predicted molar refractivity (Wildman–Crippen MR) is 89.7 cm³/mol. The second-order valence-corrected chi connectivity index (χ2v) is 7.29. The van der Waals surface area contributed by atoms with Crippen LogP contribution in [0.25, 0.3) is 0 Å². The number of hydrogen-bond donors (Lipinski definition) is 0. The van der Waals surface area contributed by atoms with Gasteiger partial charge in [0.2, 0.25) is 0 Å². The van der Waals surface area contributed by atoms with Crippen LogP contribution in [0.3, 0.4) is 0 Å². The van der Waals surface area contributed by atoms with E-state index in [0.717, 1.165) is 0 Å². The Labute approximate surface area is 130 Å². The highest BCUT2D eigenvalue weighted by molar-refractivity contribution is 7.99. The van der Waals surface area contributed by atoms with E-state index in [1.165, 1.54) is 22.3 Å². The van der Waals surface area contributed by atoms with E-state index in [1.807, 2.05) is 11.8 Å². The third-order valence-corrected chi connectivity index (χ3v) is 5.59. The van der Waals surface area contributed by atoms with Gasteiger partial charge in [-0.05, 0) is 25.0 Å². The fourth-order valence-corrected chi connectivity index (χ4v) is 4.34. The number of rotatable bonds is 2. The van der Waals surface area contributed by atoms with Crippen molar-refractivity contribution in [1.82, 2.24) is 0 Å². The van der Waals surface area contributed by atoms with Gasteiger partial charge >= 0.3 is 0 Å². The molecule has 2 atom stereocenters. The molecule has 1 aliphatic heterocycles. The molecule has 0 spiro atoms. The van der Waals surface area contributed by atoms with Gasteiger partial charge in [-0.25, -0.2) is 0 Å². The minimum absolute atomic E-state index is 0.290. The van der Waals surface area contributed by atoms with E-state index in [9.17, 15) is 4.79 Å². The first-order chi connectivity index (χ1) is 10.1. The number of carbonyl (C=O) groups excluding carboxylic acids is 1. The lowest BCUT2D eigenvalue weighted by atomic mass is 9.99. The molecular weight excluding hydrogens is 276 g/mol. The van der Waals surface area contributed by atoms with Crippen molar-refractivity contribution < 1.29 is 4.79 Å². The highest BCUT2D eigenvalue weighted by Crippen LogP contribution is 2.48. The minimum Gasteiger partial charge on any atom is -0.300 e. The summed E-state index contributed by atoms with van der Waals surface area (Å²) in [4.78, 5) is 12.2. The molecule has 2 aromatic carbocycles. The van der Waals surface area contributed by atoms with Gasteiger partial charge in [-0.1, -0.05) is 59.7 Å². The van der Waals surface area contributed by atoms with Crippen LogP contribution in [0.4, 0.5) is 0 Å². The van der Waals surface area contributed by atoms with Crippen LogP contribution in [0.2, 0.25) is 0 Å². The predicted octanol–water partition coefficient (Wildman–Crippen LogP) is 5.18. The quantitative estimate of drug-likeness (QED) is 0.759. The van der Waals surface area contributed by atoms with Crippen LogP contribution < -0.4 is 0 Å². The Bertz CT molecular complexity index is 572. The number of benzene rings is 2. The van der Waals surface area contributed by atoms with Crippen LogP contribution in [-0.2, 0) is 4.79 Å². The number of thioether (sulfide) groups is 1. The van der Waals surface area contributed by atoms with Crippen LogP contribution in [0, 0.1) is 13.8 Å². The van der Waals surface area contributed by atoms with Gasteiger partial charge in [0.05, 0.1) is 0 Å². The summed E-state index contributed by atoms with van der Waals surface area (Å²) in [6.07, 6.45) is 1.33. The lowest BCUT2D eigenvalue weighted by molar-refractivity contribution is -0.119. The average molecular weight is 296 g/mol. The molecule has 2 aromatic rings. The van der Waals surface area contributed by atoms with Crippen LogP contribution >= 0.6 is 11.8 Å². The molecule has 0 saturated carbocycles. The summed E-state index contributed by atoms with van der Waals surface area (Å²) in [6.45, 7) is 4.19. The molecule has 1 nitrogen and oxygen atoms in total. The molecule has 3 rings (SSSR count). The molecule has 1 fully saturated rings. The molecule has 1 aliphatic rings. The number of Topliss-reactive ketones (excluding diaryl/α,β-unsaturated/α-hetero) is 1. The first kappa shape index (κ1) is 14.4. The zero-order chi connectivity index (χ0) is 14.8. The second kappa shape index (κ2) is 6.07. The molecule has 0 amide bonds. The van der Waals surface area contributed by atoms with E-state index < -0.39 is 0 Å². The average Bonchev–Trinajstić information content (AvgIpc) is 2.48. The highest BCUT2D eigenvalue weighted by atomic mass is 32.2. The maximum atomic E-state index is 12.2. The molecule has 0 aliphatic carbocycles. The van der Waals surface area contributed by atoms with Crippen molar-refractivity contribution in [3.05, 3.63) is 70.8 Å². The molecule has 1 heterocycles. The van der Waals surface area contributed by atoms with Crippen LogP contribution in [-0.4, -0.2) is 5.78 Å². The molecule has 108 valence electrons. The van der Waals surface area contributed by atoms with Crippen molar-refractivity contribution in [2.24, 2.45) is 0 Å². The van der Waals surface area contributed by atoms with Crippen molar-refractivity contribution >= 4 is 17.5 Å². The normalized spacial score (nSPS) is 22.3. The molecular formula is C19H20OS. The van der Waals surface area contributed by atoms with Crippen LogP contribution in [0.15, 0.2) is 48.5 Å². The van der Waals surface area contributed by atoms with Gasteiger partial charge in [0.25, 0.3) is 0 Å². The first-order valence-electron chi connectivity index (χ1n) is 7.42. The zero-order valence-electron chi connectivity index (χ0n) is 12.5. The highest BCUT2D eigenvalue weighted by Gasteiger charge is 2.29. The van der Waals surface area contributed by atoms with Gasteiger partial charge < -0.3 is 0 Å². The number of carbonyl (C=O) groups is 1.